The van der Waals surface area contributed by atoms with Crippen LogP contribution in [0.2, 0.25) is 0 Å². The van der Waals surface area contributed by atoms with Crippen molar-refractivity contribution in [3.05, 3.63) is 35.4 Å². The van der Waals surface area contributed by atoms with Crippen LogP contribution >= 0.6 is 0 Å². The predicted molar refractivity (Wildman–Crippen MR) is 142 cm³/mol. The second-order valence-corrected chi connectivity index (χ2v) is 10.1. The Balaban J connectivity index is 3.40. The van der Waals surface area contributed by atoms with Crippen molar-refractivity contribution in [2.45, 2.75) is 91.5 Å². The van der Waals surface area contributed by atoms with Crippen molar-refractivity contribution >= 4 is 29.8 Å². The average molecular weight is 535 g/mol. The molecule has 0 fully saturated rings. The van der Waals surface area contributed by atoms with Gasteiger partial charge in [0.25, 0.3) is 0 Å². The van der Waals surface area contributed by atoms with E-state index in [0.29, 0.717) is 5.56 Å². The van der Waals surface area contributed by atoms with Crippen molar-refractivity contribution in [3.8, 4) is 0 Å². The molecule has 0 spiro atoms. The van der Waals surface area contributed by atoms with Gasteiger partial charge in [0, 0.05) is 19.0 Å². The third-order valence-electron chi connectivity index (χ3n) is 5.42. The summed E-state index contributed by atoms with van der Waals surface area (Å²) in [4.78, 5) is 64.7. The zero-order chi connectivity index (χ0) is 29.0. The number of nitrogens with one attached hydrogen (secondary N) is 2. The zero-order valence-electron chi connectivity index (χ0n) is 23.5. The summed E-state index contributed by atoms with van der Waals surface area (Å²) in [6.45, 7) is 12.3. The molecule has 11 heteroatoms. The van der Waals surface area contributed by atoms with Crippen molar-refractivity contribution in [2.75, 3.05) is 13.2 Å². The molecular formula is C27H42N4O7. The number of hydrogen-bond donors (Lipinski definition) is 3. The third-order valence-corrected chi connectivity index (χ3v) is 5.42. The van der Waals surface area contributed by atoms with Crippen molar-refractivity contribution in [3.63, 3.8) is 0 Å². The van der Waals surface area contributed by atoms with E-state index >= 15 is 0 Å². The molecule has 1 aromatic rings. The molecule has 0 aromatic heterocycles. The van der Waals surface area contributed by atoms with Crippen LogP contribution in [0.3, 0.4) is 0 Å². The molecule has 2 atom stereocenters. The quantitative estimate of drug-likeness (QED) is 0.328. The van der Waals surface area contributed by atoms with Crippen LogP contribution in [0.5, 0.6) is 0 Å². The number of carbonyl (C=O) groups excluding carboxylic acids is 5. The van der Waals surface area contributed by atoms with E-state index in [4.69, 9.17) is 15.2 Å². The van der Waals surface area contributed by atoms with Gasteiger partial charge in [0.1, 0.15) is 17.7 Å². The van der Waals surface area contributed by atoms with Crippen LogP contribution in [-0.2, 0) is 28.7 Å². The molecule has 11 nitrogen and oxygen atoms in total. The number of nitrogens with zero attached hydrogens (tertiary/aromatic N) is 1. The molecule has 0 saturated carbocycles. The number of nitrogens with two attached hydrogens (primary N) is 1. The largest absolute Gasteiger partial charge is 0.466 e. The van der Waals surface area contributed by atoms with Gasteiger partial charge in [-0.1, -0.05) is 24.3 Å². The van der Waals surface area contributed by atoms with E-state index in [1.807, 2.05) is 19.1 Å². The topological polar surface area (TPSA) is 157 Å². The highest BCUT2D eigenvalue weighted by Crippen LogP contribution is 2.28. The second-order valence-electron chi connectivity index (χ2n) is 10.1. The molecule has 212 valence electrons. The van der Waals surface area contributed by atoms with Gasteiger partial charge in [-0.25, -0.2) is 4.79 Å². The highest BCUT2D eigenvalue weighted by Gasteiger charge is 2.38. The monoisotopic (exact) mass is 534 g/mol. The highest BCUT2D eigenvalue weighted by atomic mass is 16.6. The molecule has 1 rings (SSSR count). The smallest absolute Gasteiger partial charge is 0.408 e. The van der Waals surface area contributed by atoms with Gasteiger partial charge in [0.2, 0.25) is 17.7 Å². The van der Waals surface area contributed by atoms with Gasteiger partial charge >= 0.3 is 12.1 Å². The third kappa shape index (κ3) is 10.8. The summed E-state index contributed by atoms with van der Waals surface area (Å²) in [6, 6.07) is 4.39. The first kappa shape index (κ1) is 32.4. The SMILES string of the molecule is CCOC(=O)CCNC(=O)C(c1ccccc1C)N(C(=O)C(CCC(N)=O)NC(=O)OC(C)(C)C)C(C)C. The Bertz CT molecular complexity index is 988. The van der Waals surface area contributed by atoms with Gasteiger partial charge in [-0.2, -0.15) is 0 Å². The lowest BCUT2D eigenvalue weighted by Gasteiger charge is -2.37. The zero-order valence-corrected chi connectivity index (χ0v) is 23.5. The van der Waals surface area contributed by atoms with Crippen LogP contribution < -0.4 is 16.4 Å². The lowest BCUT2D eigenvalue weighted by Crippen LogP contribution is -2.55. The van der Waals surface area contributed by atoms with Gasteiger partial charge in [0.15, 0.2) is 0 Å². The minimum Gasteiger partial charge on any atom is -0.466 e. The molecule has 0 bridgehead atoms. The molecule has 0 radical (unpaired) electrons. The Morgan fingerprint density at radius 1 is 1.05 bits per heavy atom. The first-order valence-electron chi connectivity index (χ1n) is 12.8. The minimum absolute atomic E-state index is 0.0153. The molecule has 0 aliphatic carbocycles. The summed E-state index contributed by atoms with van der Waals surface area (Å²) in [5.41, 5.74) is 5.85. The Hall–Kier alpha value is -3.63. The number of ether oxygens (including phenoxy) is 2. The second kappa shape index (κ2) is 14.9. The molecule has 38 heavy (non-hydrogen) atoms. The Kier molecular flexibility index (Phi) is 12.7. The fraction of sp³-hybridized carbons (Fsp3) is 0.593. The van der Waals surface area contributed by atoms with E-state index in [1.54, 1.807) is 53.7 Å². The van der Waals surface area contributed by atoms with E-state index < -0.39 is 53.5 Å². The summed E-state index contributed by atoms with van der Waals surface area (Å²) in [5, 5.41) is 5.27. The molecule has 4 amide bonds. The first-order valence-corrected chi connectivity index (χ1v) is 12.8. The Morgan fingerprint density at radius 3 is 2.21 bits per heavy atom. The standard InChI is InChI=1S/C27H42N4O7/c1-8-37-22(33)15-16-29-24(34)23(19-12-10-9-11-18(19)4)31(17(2)3)25(35)20(13-14-21(28)32)30-26(36)38-27(5,6)7/h9-12,17,20,23H,8,13-16H2,1-7H3,(H2,28,32)(H,29,34)(H,30,36). The number of alkyl carbamates (subject to hydrolysis) is 1. The van der Waals surface area contributed by atoms with Crippen molar-refractivity contribution in [1.29, 1.82) is 0 Å². The highest BCUT2D eigenvalue weighted by molar-refractivity contribution is 5.93. The average Bonchev–Trinajstić information content (AvgIpc) is 2.79. The van der Waals surface area contributed by atoms with Gasteiger partial charge in [-0.15, -0.1) is 0 Å². The first-order chi connectivity index (χ1) is 17.7. The lowest BCUT2D eigenvalue weighted by molar-refractivity contribution is -0.146. The normalized spacial score (nSPS) is 12.7. The maximum Gasteiger partial charge on any atom is 0.408 e. The van der Waals surface area contributed by atoms with Crippen molar-refractivity contribution < 1.29 is 33.4 Å². The van der Waals surface area contributed by atoms with Crippen LogP contribution in [-0.4, -0.2) is 65.5 Å². The number of rotatable bonds is 13. The van der Waals surface area contributed by atoms with E-state index in [1.165, 1.54) is 4.90 Å². The van der Waals surface area contributed by atoms with Crippen LogP contribution in [0.4, 0.5) is 4.79 Å². The molecule has 0 aliphatic rings. The molecule has 0 heterocycles. The molecule has 4 N–H and O–H groups in total. The lowest BCUT2D eigenvalue weighted by atomic mass is 9.96. The van der Waals surface area contributed by atoms with E-state index in [2.05, 4.69) is 10.6 Å². The summed E-state index contributed by atoms with van der Waals surface area (Å²) < 4.78 is 10.2. The Morgan fingerprint density at radius 2 is 1.68 bits per heavy atom. The van der Waals surface area contributed by atoms with E-state index in [9.17, 15) is 24.0 Å². The number of aryl methyl sites for hydroxylation is 1. The summed E-state index contributed by atoms with van der Waals surface area (Å²) in [7, 11) is 0. The van der Waals surface area contributed by atoms with Crippen molar-refractivity contribution in [1.82, 2.24) is 15.5 Å². The van der Waals surface area contributed by atoms with Crippen LogP contribution in [0, 0.1) is 6.92 Å². The van der Waals surface area contributed by atoms with Crippen molar-refractivity contribution in [2.24, 2.45) is 5.73 Å². The maximum absolute atomic E-state index is 13.9. The maximum atomic E-state index is 13.9. The number of amides is 4. The summed E-state index contributed by atoms with van der Waals surface area (Å²) >= 11 is 0. The molecule has 0 saturated heterocycles. The van der Waals surface area contributed by atoms with Gasteiger partial charge in [0.05, 0.1) is 13.0 Å². The Labute approximate surface area is 224 Å². The number of esters is 1. The number of hydrogen-bond acceptors (Lipinski definition) is 7. The number of benzene rings is 1. The molecule has 2 unspecified atom stereocenters. The number of carbonyl (C=O) groups is 5. The molecule has 0 aliphatic heterocycles. The van der Waals surface area contributed by atoms with Gasteiger partial charge in [-0.05, 0) is 66.0 Å². The molecule has 1 aromatic carbocycles. The minimum atomic E-state index is -1.18. The fourth-order valence-electron chi connectivity index (χ4n) is 3.78. The molecular weight excluding hydrogens is 492 g/mol. The number of primary amides is 1. The fourth-order valence-corrected chi connectivity index (χ4v) is 3.78. The van der Waals surface area contributed by atoms with E-state index in [-0.39, 0.29) is 32.4 Å². The summed E-state index contributed by atoms with van der Waals surface area (Å²) in [5.74, 6) is -2.18. The van der Waals surface area contributed by atoms with Crippen LogP contribution in [0.15, 0.2) is 24.3 Å². The van der Waals surface area contributed by atoms with Crippen LogP contribution in [0.25, 0.3) is 0 Å². The summed E-state index contributed by atoms with van der Waals surface area (Å²) in [6.07, 6.45) is -1.12. The predicted octanol–water partition coefficient (Wildman–Crippen LogP) is 2.50. The van der Waals surface area contributed by atoms with E-state index in [0.717, 1.165) is 5.56 Å². The van der Waals surface area contributed by atoms with Gasteiger partial charge < -0.3 is 30.7 Å². The van der Waals surface area contributed by atoms with Gasteiger partial charge in [-0.3, -0.25) is 19.2 Å². The van der Waals surface area contributed by atoms with Crippen LogP contribution in [0.1, 0.15) is 78.0 Å².